The lowest BCUT2D eigenvalue weighted by molar-refractivity contribution is -0.123. The summed E-state index contributed by atoms with van der Waals surface area (Å²) in [5.74, 6) is 3.00. The molecule has 0 N–H and O–H groups in total. The van der Waals surface area contributed by atoms with Gasteiger partial charge < -0.3 is 0 Å². The summed E-state index contributed by atoms with van der Waals surface area (Å²) in [4.78, 5) is 11.4. The first-order chi connectivity index (χ1) is 6.97. The quantitative estimate of drug-likeness (QED) is 0.591. The molecular weight excluding hydrogens is 184 g/mol. The zero-order valence-corrected chi connectivity index (χ0v) is 10.4. The molecule has 0 aromatic rings. The summed E-state index contributed by atoms with van der Waals surface area (Å²) in [7, 11) is 0. The second-order valence-electron chi connectivity index (χ2n) is 6.68. The highest BCUT2D eigenvalue weighted by Crippen LogP contribution is 2.47. The number of carbonyl (C=O) groups excluding carboxylic acids is 1. The molecule has 2 rings (SSSR count). The fraction of sp³-hybridized carbons (Fsp3) is 0.929. The number of rotatable bonds is 0. The molecule has 2 aliphatic rings. The summed E-state index contributed by atoms with van der Waals surface area (Å²) >= 11 is 0. The van der Waals surface area contributed by atoms with Gasteiger partial charge in [0.2, 0.25) is 0 Å². The van der Waals surface area contributed by atoms with Gasteiger partial charge in [-0.2, -0.15) is 0 Å². The van der Waals surface area contributed by atoms with E-state index in [1.165, 1.54) is 25.7 Å². The third kappa shape index (κ3) is 2.43. The van der Waals surface area contributed by atoms with E-state index in [0.29, 0.717) is 11.2 Å². The summed E-state index contributed by atoms with van der Waals surface area (Å²) in [5.41, 5.74) is 0.465. The first-order valence-electron chi connectivity index (χ1n) is 6.48. The van der Waals surface area contributed by atoms with Crippen molar-refractivity contribution in [1.29, 1.82) is 0 Å². The molecular formula is C14H24O. The van der Waals surface area contributed by atoms with Gasteiger partial charge in [0, 0.05) is 12.8 Å². The Morgan fingerprint density at radius 3 is 2.47 bits per heavy atom. The predicted octanol–water partition coefficient (Wildman–Crippen LogP) is 3.82. The molecule has 86 valence electrons. The van der Waals surface area contributed by atoms with Crippen molar-refractivity contribution in [3.63, 3.8) is 0 Å². The minimum atomic E-state index is 0.465. The Morgan fingerprint density at radius 1 is 1.07 bits per heavy atom. The maximum absolute atomic E-state index is 11.4. The molecule has 0 bridgehead atoms. The van der Waals surface area contributed by atoms with Crippen LogP contribution in [0, 0.1) is 23.2 Å². The fourth-order valence-electron chi connectivity index (χ4n) is 3.48. The highest BCUT2D eigenvalue weighted by Gasteiger charge is 2.38. The zero-order chi connectivity index (χ0) is 11.1. The van der Waals surface area contributed by atoms with E-state index in [4.69, 9.17) is 0 Å². The molecule has 3 atom stereocenters. The van der Waals surface area contributed by atoms with Gasteiger partial charge in [0.05, 0.1) is 0 Å². The van der Waals surface area contributed by atoms with Crippen molar-refractivity contribution in [3.8, 4) is 0 Å². The number of carbonyl (C=O) groups is 1. The number of fused-ring (bicyclic) bond motifs is 1. The van der Waals surface area contributed by atoms with E-state index in [-0.39, 0.29) is 0 Å². The molecule has 2 saturated carbocycles. The summed E-state index contributed by atoms with van der Waals surface area (Å²) in [6, 6.07) is 0. The molecule has 1 nitrogen and oxygen atoms in total. The average molecular weight is 208 g/mol. The second kappa shape index (κ2) is 3.92. The van der Waals surface area contributed by atoms with Crippen LogP contribution in [0.2, 0.25) is 0 Å². The molecule has 0 heterocycles. The van der Waals surface area contributed by atoms with E-state index in [9.17, 15) is 4.79 Å². The first kappa shape index (κ1) is 11.2. The van der Waals surface area contributed by atoms with Crippen molar-refractivity contribution in [1.82, 2.24) is 0 Å². The topological polar surface area (TPSA) is 17.1 Å². The van der Waals surface area contributed by atoms with Crippen LogP contribution in [0.15, 0.2) is 0 Å². The Labute approximate surface area is 93.6 Å². The number of hydrogen-bond donors (Lipinski definition) is 0. The van der Waals surface area contributed by atoms with E-state index in [0.717, 1.165) is 30.6 Å². The summed E-state index contributed by atoms with van der Waals surface area (Å²) in [5, 5.41) is 0. The van der Waals surface area contributed by atoms with Crippen molar-refractivity contribution in [2.45, 2.75) is 59.3 Å². The van der Waals surface area contributed by atoms with Crippen molar-refractivity contribution in [2.24, 2.45) is 23.2 Å². The monoisotopic (exact) mass is 208 g/mol. The third-order valence-electron chi connectivity index (χ3n) is 4.65. The van der Waals surface area contributed by atoms with Gasteiger partial charge in [-0.3, -0.25) is 4.79 Å². The van der Waals surface area contributed by atoms with Crippen LogP contribution in [0.1, 0.15) is 59.3 Å². The molecule has 0 aromatic heterocycles. The van der Waals surface area contributed by atoms with E-state index in [2.05, 4.69) is 20.8 Å². The Kier molecular flexibility index (Phi) is 2.92. The minimum absolute atomic E-state index is 0.465. The van der Waals surface area contributed by atoms with Gasteiger partial charge in [-0.05, 0) is 48.9 Å². The lowest BCUT2D eigenvalue weighted by Gasteiger charge is -2.43. The SMILES string of the molecule is CC(C)(C)[C@H]1CC[C@@H]2CC(=O)CC[C@H]2C1. The summed E-state index contributed by atoms with van der Waals surface area (Å²) in [6.45, 7) is 7.10. The largest absolute Gasteiger partial charge is 0.300 e. The molecule has 0 spiro atoms. The Balaban J connectivity index is 1.98. The van der Waals surface area contributed by atoms with Gasteiger partial charge in [0.15, 0.2) is 0 Å². The van der Waals surface area contributed by atoms with Gasteiger partial charge in [-0.1, -0.05) is 20.8 Å². The van der Waals surface area contributed by atoms with Crippen LogP contribution in [0.3, 0.4) is 0 Å². The van der Waals surface area contributed by atoms with Crippen LogP contribution < -0.4 is 0 Å². The smallest absolute Gasteiger partial charge is 0.133 e. The van der Waals surface area contributed by atoms with E-state index >= 15 is 0 Å². The van der Waals surface area contributed by atoms with E-state index < -0.39 is 0 Å². The molecule has 0 radical (unpaired) electrons. The van der Waals surface area contributed by atoms with E-state index in [1.54, 1.807) is 0 Å². The van der Waals surface area contributed by atoms with Gasteiger partial charge in [-0.15, -0.1) is 0 Å². The number of hydrogen-bond acceptors (Lipinski definition) is 1. The number of ketones is 1. The van der Waals surface area contributed by atoms with Crippen LogP contribution in [0.4, 0.5) is 0 Å². The van der Waals surface area contributed by atoms with Crippen LogP contribution in [0.5, 0.6) is 0 Å². The predicted molar refractivity (Wildman–Crippen MR) is 62.6 cm³/mol. The third-order valence-corrected chi connectivity index (χ3v) is 4.65. The maximum Gasteiger partial charge on any atom is 0.133 e. The van der Waals surface area contributed by atoms with Crippen LogP contribution in [-0.4, -0.2) is 5.78 Å². The van der Waals surface area contributed by atoms with Crippen LogP contribution in [-0.2, 0) is 4.79 Å². The molecule has 0 amide bonds. The van der Waals surface area contributed by atoms with Crippen LogP contribution >= 0.6 is 0 Å². The summed E-state index contributed by atoms with van der Waals surface area (Å²) < 4.78 is 0. The van der Waals surface area contributed by atoms with Crippen LogP contribution in [0.25, 0.3) is 0 Å². The molecule has 2 aliphatic carbocycles. The fourth-order valence-corrected chi connectivity index (χ4v) is 3.48. The molecule has 0 saturated heterocycles. The highest BCUT2D eigenvalue weighted by atomic mass is 16.1. The van der Waals surface area contributed by atoms with E-state index in [1.807, 2.05) is 0 Å². The van der Waals surface area contributed by atoms with Gasteiger partial charge in [0.1, 0.15) is 5.78 Å². The van der Waals surface area contributed by atoms with Gasteiger partial charge in [0.25, 0.3) is 0 Å². The Bertz CT molecular complexity index is 249. The standard InChI is InChI=1S/C14H24O/c1-14(2,3)12-6-4-11-9-13(15)7-5-10(11)8-12/h10-12H,4-9H2,1-3H3/t10-,11+,12-/m0/s1. The van der Waals surface area contributed by atoms with Crippen molar-refractivity contribution >= 4 is 5.78 Å². The maximum atomic E-state index is 11.4. The lowest BCUT2D eigenvalue weighted by Crippen LogP contribution is -2.35. The molecule has 0 aromatic carbocycles. The zero-order valence-electron chi connectivity index (χ0n) is 10.4. The Morgan fingerprint density at radius 2 is 1.80 bits per heavy atom. The molecule has 1 heteroatoms. The second-order valence-corrected chi connectivity index (χ2v) is 6.68. The molecule has 15 heavy (non-hydrogen) atoms. The van der Waals surface area contributed by atoms with Gasteiger partial charge >= 0.3 is 0 Å². The van der Waals surface area contributed by atoms with Crippen molar-refractivity contribution in [3.05, 3.63) is 0 Å². The van der Waals surface area contributed by atoms with Crippen molar-refractivity contribution < 1.29 is 4.79 Å². The van der Waals surface area contributed by atoms with Gasteiger partial charge in [-0.25, -0.2) is 0 Å². The number of Topliss-reactive ketones (excluding diaryl/α,β-unsaturated/α-hetero) is 1. The molecule has 2 fully saturated rings. The first-order valence-corrected chi connectivity index (χ1v) is 6.48. The van der Waals surface area contributed by atoms with Crippen molar-refractivity contribution in [2.75, 3.05) is 0 Å². The highest BCUT2D eigenvalue weighted by molar-refractivity contribution is 5.79. The Hall–Kier alpha value is -0.330. The lowest BCUT2D eigenvalue weighted by atomic mass is 9.62. The molecule has 0 unspecified atom stereocenters. The normalized spacial score (nSPS) is 37.5. The molecule has 0 aliphatic heterocycles. The summed E-state index contributed by atoms with van der Waals surface area (Å²) in [6.07, 6.45) is 6.95. The average Bonchev–Trinajstić information content (AvgIpc) is 2.15. The minimum Gasteiger partial charge on any atom is -0.300 e.